The Balaban J connectivity index is 1.59. The van der Waals surface area contributed by atoms with Crippen molar-refractivity contribution in [2.45, 2.75) is 25.6 Å². The van der Waals surface area contributed by atoms with Crippen molar-refractivity contribution < 1.29 is 14.3 Å². The van der Waals surface area contributed by atoms with Crippen LogP contribution in [0, 0.1) is 0 Å². The Morgan fingerprint density at radius 2 is 2.19 bits per heavy atom. The number of hydrogen-bond donors (Lipinski definition) is 1. The number of benzene rings is 1. The third kappa shape index (κ3) is 5.36. The summed E-state index contributed by atoms with van der Waals surface area (Å²) in [6.45, 7) is 3.10. The zero-order valence-electron chi connectivity index (χ0n) is 12.6. The molecule has 21 heavy (non-hydrogen) atoms. The van der Waals surface area contributed by atoms with Gasteiger partial charge < -0.3 is 19.7 Å². The average Bonchev–Trinajstić information content (AvgIpc) is 2.55. The Kier molecular flexibility index (Phi) is 6.50. The van der Waals surface area contributed by atoms with E-state index in [4.69, 9.17) is 9.47 Å². The van der Waals surface area contributed by atoms with E-state index in [1.54, 1.807) is 7.11 Å². The molecule has 5 nitrogen and oxygen atoms in total. The van der Waals surface area contributed by atoms with E-state index in [1.807, 2.05) is 35.2 Å². The smallest absolute Gasteiger partial charge is 0.317 e. The van der Waals surface area contributed by atoms with Crippen LogP contribution in [-0.2, 0) is 16.1 Å². The van der Waals surface area contributed by atoms with Crippen LogP contribution in [-0.4, -0.2) is 50.4 Å². The largest absolute Gasteiger partial charge is 0.380 e. The quantitative estimate of drug-likeness (QED) is 0.816. The van der Waals surface area contributed by atoms with Crippen molar-refractivity contribution >= 4 is 6.03 Å². The molecular weight excluding hydrogens is 268 g/mol. The van der Waals surface area contributed by atoms with Gasteiger partial charge in [-0.15, -0.1) is 0 Å². The van der Waals surface area contributed by atoms with Gasteiger partial charge in [0, 0.05) is 26.7 Å². The fourth-order valence-corrected chi connectivity index (χ4v) is 2.42. The van der Waals surface area contributed by atoms with Gasteiger partial charge in [0.25, 0.3) is 0 Å². The number of urea groups is 1. The van der Waals surface area contributed by atoms with Gasteiger partial charge in [-0.05, 0) is 18.4 Å². The summed E-state index contributed by atoms with van der Waals surface area (Å²) >= 11 is 0. The van der Waals surface area contributed by atoms with E-state index in [1.165, 1.54) is 0 Å². The summed E-state index contributed by atoms with van der Waals surface area (Å²) in [7, 11) is 1.70. The Morgan fingerprint density at radius 3 is 2.95 bits per heavy atom. The van der Waals surface area contributed by atoms with Gasteiger partial charge >= 0.3 is 6.03 Å². The van der Waals surface area contributed by atoms with Crippen LogP contribution in [0.25, 0.3) is 0 Å². The topological polar surface area (TPSA) is 50.8 Å². The van der Waals surface area contributed by atoms with Gasteiger partial charge in [-0.25, -0.2) is 4.79 Å². The molecule has 1 N–H and O–H groups in total. The van der Waals surface area contributed by atoms with Crippen LogP contribution in [0.4, 0.5) is 4.79 Å². The molecule has 116 valence electrons. The Hall–Kier alpha value is -1.59. The number of rotatable bonds is 6. The molecule has 1 heterocycles. The van der Waals surface area contributed by atoms with E-state index < -0.39 is 0 Å². The van der Waals surface area contributed by atoms with Crippen molar-refractivity contribution in [1.82, 2.24) is 10.2 Å². The number of carbonyl (C=O) groups is 1. The van der Waals surface area contributed by atoms with Crippen LogP contribution in [0.3, 0.4) is 0 Å². The molecule has 1 aliphatic rings. The molecule has 5 heteroatoms. The standard InChI is InChI=1S/C16H24N2O3/c1-20-15-8-5-10-18(12-15)16(19)17-9-11-21-13-14-6-3-2-4-7-14/h2-4,6-7,15H,5,8-13H2,1H3,(H,17,19)/t15-/m1/s1. The molecule has 0 bridgehead atoms. The Morgan fingerprint density at radius 1 is 1.38 bits per heavy atom. The molecule has 1 aromatic rings. The average molecular weight is 292 g/mol. The van der Waals surface area contributed by atoms with Crippen LogP contribution < -0.4 is 5.32 Å². The van der Waals surface area contributed by atoms with E-state index >= 15 is 0 Å². The Labute approximate surface area is 126 Å². The molecule has 0 unspecified atom stereocenters. The number of ether oxygens (including phenoxy) is 2. The Bertz CT molecular complexity index is 425. The molecule has 2 rings (SSSR count). The predicted octanol–water partition coefficient (Wildman–Crippen LogP) is 2.02. The normalized spacial score (nSPS) is 18.5. The van der Waals surface area contributed by atoms with Crippen molar-refractivity contribution in [2.75, 3.05) is 33.4 Å². The maximum atomic E-state index is 12.0. The number of nitrogens with one attached hydrogen (secondary N) is 1. The molecule has 1 atom stereocenters. The van der Waals surface area contributed by atoms with Gasteiger partial charge in [0.1, 0.15) is 0 Å². The molecule has 0 saturated carbocycles. The summed E-state index contributed by atoms with van der Waals surface area (Å²) in [5.41, 5.74) is 1.14. The van der Waals surface area contributed by atoms with Crippen LogP contribution in [0.15, 0.2) is 30.3 Å². The number of methoxy groups -OCH3 is 1. The van der Waals surface area contributed by atoms with Gasteiger partial charge in [-0.3, -0.25) is 0 Å². The van der Waals surface area contributed by atoms with Crippen LogP contribution in [0.1, 0.15) is 18.4 Å². The number of likely N-dealkylation sites (tertiary alicyclic amines) is 1. The summed E-state index contributed by atoms with van der Waals surface area (Å²) in [4.78, 5) is 13.8. The highest BCUT2D eigenvalue weighted by Gasteiger charge is 2.22. The minimum Gasteiger partial charge on any atom is -0.380 e. The SMILES string of the molecule is CO[C@@H]1CCCN(C(=O)NCCOCc2ccccc2)C1. The molecule has 0 spiro atoms. The van der Waals surface area contributed by atoms with Crippen LogP contribution in [0.2, 0.25) is 0 Å². The van der Waals surface area contributed by atoms with Gasteiger partial charge in [0.2, 0.25) is 0 Å². The zero-order chi connectivity index (χ0) is 14.9. The van der Waals surface area contributed by atoms with Crippen molar-refractivity contribution in [1.29, 1.82) is 0 Å². The number of amides is 2. The maximum Gasteiger partial charge on any atom is 0.317 e. The van der Waals surface area contributed by atoms with Gasteiger partial charge in [-0.2, -0.15) is 0 Å². The van der Waals surface area contributed by atoms with E-state index in [0.29, 0.717) is 26.3 Å². The molecule has 1 fully saturated rings. The maximum absolute atomic E-state index is 12.0. The molecular formula is C16H24N2O3. The molecule has 0 radical (unpaired) electrons. The summed E-state index contributed by atoms with van der Waals surface area (Å²) in [5, 5.41) is 2.89. The zero-order valence-corrected chi connectivity index (χ0v) is 12.6. The first-order valence-electron chi connectivity index (χ1n) is 7.47. The highest BCUT2D eigenvalue weighted by atomic mass is 16.5. The van der Waals surface area contributed by atoms with Crippen LogP contribution in [0.5, 0.6) is 0 Å². The highest BCUT2D eigenvalue weighted by Crippen LogP contribution is 2.12. The van der Waals surface area contributed by atoms with Crippen LogP contribution >= 0.6 is 0 Å². The molecule has 1 aliphatic heterocycles. The number of piperidine rings is 1. The highest BCUT2D eigenvalue weighted by molar-refractivity contribution is 5.74. The lowest BCUT2D eigenvalue weighted by Crippen LogP contribution is -2.48. The van der Waals surface area contributed by atoms with E-state index in [9.17, 15) is 4.79 Å². The predicted molar refractivity (Wildman–Crippen MR) is 81.1 cm³/mol. The van der Waals surface area contributed by atoms with E-state index in [-0.39, 0.29) is 12.1 Å². The minimum absolute atomic E-state index is 0.0277. The fourth-order valence-electron chi connectivity index (χ4n) is 2.42. The molecule has 1 saturated heterocycles. The number of hydrogen-bond acceptors (Lipinski definition) is 3. The number of carbonyl (C=O) groups excluding carboxylic acids is 1. The second kappa shape index (κ2) is 8.64. The molecule has 0 aromatic heterocycles. The van der Waals surface area contributed by atoms with E-state index in [0.717, 1.165) is 24.9 Å². The van der Waals surface area contributed by atoms with Gasteiger partial charge in [0.05, 0.1) is 19.3 Å². The molecule has 2 amide bonds. The van der Waals surface area contributed by atoms with Crippen molar-refractivity contribution in [3.63, 3.8) is 0 Å². The summed E-state index contributed by atoms with van der Waals surface area (Å²) in [6.07, 6.45) is 2.19. The first-order chi connectivity index (χ1) is 10.3. The number of nitrogens with zero attached hydrogens (tertiary/aromatic N) is 1. The first-order valence-corrected chi connectivity index (χ1v) is 7.47. The second-order valence-corrected chi connectivity index (χ2v) is 5.22. The summed E-state index contributed by atoms with van der Waals surface area (Å²) < 4.78 is 10.9. The summed E-state index contributed by atoms with van der Waals surface area (Å²) in [5.74, 6) is 0. The van der Waals surface area contributed by atoms with Crippen molar-refractivity contribution in [3.05, 3.63) is 35.9 Å². The van der Waals surface area contributed by atoms with Crippen molar-refractivity contribution in [3.8, 4) is 0 Å². The third-order valence-electron chi connectivity index (χ3n) is 3.63. The third-order valence-corrected chi connectivity index (χ3v) is 3.63. The van der Waals surface area contributed by atoms with Gasteiger partial charge in [0.15, 0.2) is 0 Å². The summed E-state index contributed by atoms with van der Waals surface area (Å²) in [6, 6.07) is 9.98. The van der Waals surface area contributed by atoms with Crippen molar-refractivity contribution in [2.24, 2.45) is 0 Å². The fraction of sp³-hybridized carbons (Fsp3) is 0.562. The lowest BCUT2D eigenvalue weighted by atomic mass is 10.1. The molecule has 1 aromatic carbocycles. The van der Waals surface area contributed by atoms with Gasteiger partial charge in [-0.1, -0.05) is 30.3 Å². The lowest BCUT2D eigenvalue weighted by molar-refractivity contribution is 0.0428. The van der Waals surface area contributed by atoms with E-state index in [2.05, 4.69) is 5.32 Å². The second-order valence-electron chi connectivity index (χ2n) is 5.22. The first kappa shape index (κ1) is 15.8. The monoisotopic (exact) mass is 292 g/mol. The lowest BCUT2D eigenvalue weighted by Gasteiger charge is -2.31. The molecule has 0 aliphatic carbocycles. The minimum atomic E-state index is -0.0277.